The van der Waals surface area contributed by atoms with Gasteiger partial charge in [-0.15, -0.1) is 0 Å². The number of benzene rings is 2. The summed E-state index contributed by atoms with van der Waals surface area (Å²) in [6.07, 6.45) is 0.986. The average molecular weight is 334 g/mol. The molecular weight excluding hydrogens is 314 g/mol. The quantitative estimate of drug-likeness (QED) is 0.847. The second-order valence-electron chi connectivity index (χ2n) is 5.06. The number of anilines is 1. The number of rotatable bonds is 5. The van der Waals surface area contributed by atoms with Crippen molar-refractivity contribution in [2.24, 2.45) is 0 Å². The van der Waals surface area contributed by atoms with E-state index >= 15 is 0 Å². The first-order chi connectivity index (χ1) is 9.58. The average Bonchev–Trinajstić information content (AvgIpc) is 2.43. The molecule has 20 heavy (non-hydrogen) atoms. The van der Waals surface area contributed by atoms with Crippen LogP contribution in [0.1, 0.15) is 18.1 Å². The minimum absolute atomic E-state index is 0.378. The zero-order valence-electron chi connectivity index (χ0n) is 12.1. The van der Waals surface area contributed by atoms with Crippen molar-refractivity contribution in [1.29, 1.82) is 0 Å². The van der Waals surface area contributed by atoms with E-state index in [0.717, 1.165) is 16.6 Å². The predicted molar refractivity (Wildman–Crippen MR) is 88.7 cm³/mol. The van der Waals surface area contributed by atoms with Gasteiger partial charge in [-0.2, -0.15) is 0 Å². The third kappa shape index (κ3) is 4.01. The Bertz CT molecular complexity index is 566. The van der Waals surface area contributed by atoms with Crippen molar-refractivity contribution < 1.29 is 4.74 Å². The van der Waals surface area contributed by atoms with E-state index in [0.29, 0.717) is 6.04 Å². The maximum atomic E-state index is 5.18. The van der Waals surface area contributed by atoms with Crippen LogP contribution in [0.5, 0.6) is 5.75 Å². The van der Waals surface area contributed by atoms with Gasteiger partial charge in [-0.3, -0.25) is 0 Å². The molecule has 0 aliphatic heterocycles. The SMILES string of the molecule is COc1ccc(CC(C)Nc2ccc(Br)cc2C)cc1. The zero-order valence-corrected chi connectivity index (χ0v) is 13.7. The van der Waals surface area contributed by atoms with Crippen LogP contribution in [0.4, 0.5) is 5.69 Å². The van der Waals surface area contributed by atoms with Gasteiger partial charge < -0.3 is 10.1 Å². The summed E-state index contributed by atoms with van der Waals surface area (Å²) < 4.78 is 6.29. The summed E-state index contributed by atoms with van der Waals surface area (Å²) in [6, 6.07) is 14.9. The van der Waals surface area contributed by atoms with Crippen molar-refractivity contribution in [3.8, 4) is 5.75 Å². The Morgan fingerprint density at radius 3 is 2.45 bits per heavy atom. The van der Waals surface area contributed by atoms with Crippen molar-refractivity contribution >= 4 is 21.6 Å². The van der Waals surface area contributed by atoms with Gasteiger partial charge in [0.2, 0.25) is 0 Å². The third-order valence-corrected chi connectivity index (χ3v) is 3.78. The van der Waals surface area contributed by atoms with Gasteiger partial charge in [0.25, 0.3) is 0 Å². The van der Waals surface area contributed by atoms with Gasteiger partial charge in [0, 0.05) is 16.2 Å². The molecule has 1 unspecified atom stereocenters. The molecule has 0 radical (unpaired) electrons. The van der Waals surface area contributed by atoms with Crippen LogP contribution in [0.25, 0.3) is 0 Å². The molecule has 1 N–H and O–H groups in total. The monoisotopic (exact) mass is 333 g/mol. The Kier molecular flexibility index (Phi) is 5.07. The van der Waals surface area contributed by atoms with E-state index in [1.165, 1.54) is 16.8 Å². The summed E-state index contributed by atoms with van der Waals surface area (Å²) >= 11 is 3.49. The van der Waals surface area contributed by atoms with Crippen LogP contribution in [0.2, 0.25) is 0 Å². The van der Waals surface area contributed by atoms with E-state index in [4.69, 9.17) is 4.74 Å². The summed E-state index contributed by atoms with van der Waals surface area (Å²) in [6.45, 7) is 4.32. The lowest BCUT2D eigenvalue weighted by Gasteiger charge is -2.17. The van der Waals surface area contributed by atoms with Crippen LogP contribution >= 0.6 is 15.9 Å². The number of hydrogen-bond donors (Lipinski definition) is 1. The van der Waals surface area contributed by atoms with Crippen LogP contribution in [0.3, 0.4) is 0 Å². The van der Waals surface area contributed by atoms with E-state index in [9.17, 15) is 0 Å². The maximum Gasteiger partial charge on any atom is 0.118 e. The number of ether oxygens (including phenoxy) is 1. The Balaban J connectivity index is 1.99. The van der Waals surface area contributed by atoms with Crippen LogP contribution < -0.4 is 10.1 Å². The maximum absolute atomic E-state index is 5.18. The fourth-order valence-corrected chi connectivity index (χ4v) is 2.70. The van der Waals surface area contributed by atoms with E-state index in [1.54, 1.807) is 7.11 Å². The predicted octanol–water partition coefficient (Wildman–Crippen LogP) is 4.81. The van der Waals surface area contributed by atoms with Gasteiger partial charge in [0.1, 0.15) is 5.75 Å². The molecule has 0 amide bonds. The first-order valence-electron chi connectivity index (χ1n) is 6.74. The molecular formula is C17H20BrNO. The largest absolute Gasteiger partial charge is 0.497 e. The van der Waals surface area contributed by atoms with Crippen molar-refractivity contribution in [2.75, 3.05) is 12.4 Å². The molecule has 0 heterocycles. The van der Waals surface area contributed by atoms with Gasteiger partial charge in [0.15, 0.2) is 0 Å². The van der Waals surface area contributed by atoms with E-state index in [-0.39, 0.29) is 0 Å². The number of halogens is 1. The highest BCUT2D eigenvalue weighted by atomic mass is 79.9. The third-order valence-electron chi connectivity index (χ3n) is 3.29. The molecule has 0 saturated heterocycles. The van der Waals surface area contributed by atoms with Gasteiger partial charge in [0.05, 0.1) is 7.11 Å². The molecule has 0 fully saturated rings. The first kappa shape index (κ1) is 14.9. The van der Waals surface area contributed by atoms with Crippen LogP contribution in [0, 0.1) is 6.92 Å². The molecule has 3 heteroatoms. The standard InChI is InChI=1S/C17H20BrNO/c1-12-10-15(18)6-9-17(12)19-13(2)11-14-4-7-16(20-3)8-5-14/h4-10,13,19H,11H2,1-3H3. The zero-order chi connectivity index (χ0) is 14.5. The fourth-order valence-electron chi connectivity index (χ4n) is 2.22. The van der Waals surface area contributed by atoms with Crippen LogP contribution in [-0.2, 0) is 6.42 Å². The second kappa shape index (κ2) is 6.80. The molecule has 2 nitrogen and oxygen atoms in total. The molecule has 2 aromatic carbocycles. The van der Waals surface area contributed by atoms with Gasteiger partial charge in [-0.05, 0) is 61.7 Å². The molecule has 0 spiro atoms. The minimum atomic E-state index is 0.378. The molecule has 106 valence electrons. The highest BCUT2D eigenvalue weighted by Gasteiger charge is 2.06. The number of nitrogens with one attached hydrogen (secondary N) is 1. The second-order valence-corrected chi connectivity index (χ2v) is 5.97. The van der Waals surface area contributed by atoms with Gasteiger partial charge >= 0.3 is 0 Å². The molecule has 2 aromatic rings. The first-order valence-corrected chi connectivity index (χ1v) is 7.53. The van der Waals surface area contributed by atoms with E-state index < -0.39 is 0 Å². The van der Waals surface area contributed by atoms with Crippen molar-refractivity contribution in [3.05, 3.63) is 58.1 Å². The highest BCUT2D eigenvalue weighted by Crippen LogP contribution is 2.21. The van der Waals surface area contributed by atoms with Crippen LogP contribution in [0.15, 0.2) is 46.9 Å². The Hall–Kier alpha value is -1.48. The van der Waals surface area contributed by atoms with Crippen molar-refractivity contribution in [1.82, 2.24) is 0 Å². The van der Waals surface area contributed by atoms with Crippen molar-refractivity contribution in [3.63, 3.8) is 0 Å². The Morgan fingerprint density at radius 1 is 1.15 bits per heavy atom. The molecule has 0 aromatic heterocycles. The van der Waals surface area contributed by atoms with Gasteiger partial charge in [-0.25, -0.2) is 0 Å². The van der Waals surface area contributed by atoms with E-state index in [1.807, 2.05) is 12.1 Å². The molecule has 0 aliphatic carbocycles. The Labute approximate surface area is 129 Å². The Morgan fingerprint density at radius 2 is 1.85 bits per heavy atom. The topological polar surface area (TPSA) is 21.3 Å². The lowest BCUT2D eigenvalue weighted by atomic mass is 10.1. The molecule has 0 bridgehead atoms. The summed E-state index contributed by atoms with van der Waals surface area (Å²) in [5, 5.41) is 3.56. The summed E-state index contributed by atoms with van der Waals surface area (Å²) in [4.78, 5) is 0. The van der Waals surface area contributed by atoms with Crippen molar-refractivity contribution in [2.45, 2.75) is 26.3 Å². The minimum Gasteiger partial charge on any atom is -0.497 e. The smallest absolute Gasteiger partial charge is 0.118 e. The summed E-state index contributed by atoms with van der Waals surface area (Å²) in [5.41, 5.74) is 3.75. The highest BCUT2D eigenvalue weighted by molar-refractivity contribution is 9.10. The van der Waals surface area contributed by atoms with Gasteiger partial charge in [-0.1, -0.05) is 28.1 Å². The van der Waals surface area contributed by atoms with E-state index in [2.05, 4.69) is 65.4 Å². The summed E-state index contributed by atoms with van der Waals surface area (Å²) in [7, 11) is 1.69. The molecule has 0 saturated carbocycles. The van der Waals surface area contributed by atoms with Crippen LogP contribution in [-0.4, -0.2) is 13.2 Å². The summed E-state index contributed by atoms with van der Waals surface area (Å²) in [5.74, 6) is 0.901. The number of aryl methyl sites for hydroxylation is 1. The molecule has 0 aliphatic rings. The molecule has 2 rings (SSSR count). The number of hydrogen-bond acceptors (Lipinski definition) is 2. The fraction of sp³-hybridized carbons (Fsp3) is 0.294. The lowest BCUT2D eigenvalue weighted by Crippen LogP contribution is -2.18. The number of methoxy groups -OCH3 is 1. The molecule has 1 atom stereocenters. The lowest BCUT2D eigenvalue weighted by molar-refractivity contribution is 0.414. The normalized spacial score (nSPS) is 12.0.